The van der Waals surface area contributed by atoms with E-state index < -0.39 is 0 Å². The number of aromatic nitrogens is 3. The molecule has 2 N–H and O–H groups in total. The highest BCUT2D eigenvalue weighted by Gasteiger charge is 2.01. The molecule has 1 heterocycles. The summed E-state index contributed by atoms with van der Waals surface area (Å²) in [6.45, 7) is 1.47. The molecule has 1 aromatic carbocycles. The molecule has 0 atom stereocenters. The van der Waals surface area contributed by atoms with Crippen molar-refractivity contribution in [3.05, 3.63) is 41.7 Å². The molecule has 96 valence electrons. The smallest absolute Gasteiger partial charge is 0.0827 e. The van der Waals surface area contributed by atoms with Crippen molar-refractivity contribution < 1.29 is 0 Å². The molecule has 0 radical (unpaired) electrons. The number of hydrogen-bond acceptors (Lipinski definition) is 4. The van der Waals surface area contributed by atoms with E-state index in [1.807, 2.05) is 10.9 Å². The number of hydrogen-bond donors (Lipinski definition) is 1. The van der Waals surface area contributed by atoms with Crippen LogP contribution in [0.25, 0.3) is 0 Å². The van der Waals surface area contributed by atoms with Crippen molar-refractivity contribution in [3.63, 3.8) is 0 Å². The van der Waals surface area contributed by atoms with E-state index in [2.05, 4.69) is 40.8 Å². The Kier molecular flexibility index (Phi) is 4.78. The van der Waals surface area contributed by atoms with Crippen molar-refractivity contribution in [2.75, 3.05) is 12.8 Å². The molecule has 2 aromatic rings. The number of rotatable bonds is 6. The molecule has 4 nitrogen and oxygen atoms in total. The summed E-state index contributed by atoms with van der Waals surface area (Å²) in [5, 5.41) is 8.26. The van der Waals surface area contributed by atoms with E-state index in [1.54, 1.807) is 11.8 Å². The lowest BCUT2D eigenvalue weighted by Crippen LogP contribution is -2.01. The molecular weight excluding hydrogens is 244 g/mol. The third kappa shape index (κ3) is 3.58. The van der Waals surface area contributed by atoms with Gasteiger partial charge in [0.2, 0.25) is 0 Å². The molecule has 5 heteroatoms. The highest BCUT2D eigenvalue weighted by atomic mass is 32.2. The molecule has 0 saturated heterocycles. The summed E-state index contributed by atoms with van der Waals surface area (Å²) in [5.74, 6) is 0. The topological polar surface area (TPSA) is 56.7 Å². The van der Waals surface area contributed by atoms with Gasteiger partial charge in [-0.1, -0.05) is 17.3 Å². The lowest BCUT2D eigenvalue weighted by atomic mass is 10.2. The zero-order chi connectivity index (χ0) is 12.8. The zero-order valence-corrected chi connectivity index (χ0v) is 11.4. The van der Waals surface area contributed by atoms with E-state index in [0.717, 1.165) is 25.1 Å². The van der Waals surface area contributed by atoms with Crippen molar-refractivity contribution >= 4 is 11.8 Å². The summed E-state index contributed by atoms with van der Waals surface area (Å²) in [6.07, 6.45) is 5.94. The van der Waals surface area contributed by atoms with Gasteiger partial charge in [0.25, 0.3) is 0 Å². The molecule has 18 heavy (non-hydrogen) atoms. The normalized spacial score (nSPS) is 10.8. The van der Waals surface area contributed by atoms with E-state index in [1.165, 1.54) is 10.5 Å². The van der Waals surface area contributed by atoms with Crippen LogP contribution in [-0.2, 0) is 13.0 Å². The van der Waals surface area contributed by atoms with Crippen molar-refractivity contribution in [3.8, 4) is 0 Å². The van der Waals surface area contributed by atoms with Crippen LogP contribution in [0.3, 0.4) is 0 Å². The fourth-order valence-corrected chi connectivity index (χ4v) is 2.14. The van der Waals surface area contributed by atoms with E-state index in [9.17, 15) is 0 Å². The Bertz CT molecular complexity index is 478. The standard InChI is InChI=1S/C13H18N4S/c1-18-13-6-4-11(5-7-13)9-17-10-12(15-16-17)3-2-8-14/h4-7,10H,2-3,8-9,14H2,1H3. The van der Waals surface area contributed by atoms with Gasteiger partial charge in [-0.3, -0.25) is 0 Å². The Labute approximate surface area is 112 Å². The molecule has 0 unspecified atom stereocenters. The van der Waals surface area contributed by atoms with Crippen LogP contribution >= 0.6 is 11.8 Å². The fraction of sp³-hybridized carbons (Fsp3) is 0.385. The van der Waals surface area contributed by atoms with E-state index >= 15 is 0 Å². The molecule has 2 rings (SSSR count). The van der Waals surface area contributed by atoms with Gasteiger partial charge in [-0.15, -0.1) is 16.9 Å². The summed E-state index contributed by atoms with van der Waals surface area (Å²) in [6, 6.07) is 8.53. The first-order valence-electron chi connectivity index (χ1n) is 6.04. The minimum Gasteiger partial charge on any atom is -0.330 e. The van der Waals surface area contributed by atoms with E-state index in [0.29, 0.717) is 6.54 Å². The molecule has 0 saturated carbocycles. The SMILES string of the molecule is CSc1ccc(Cn2cc(CCCN)nn2)cc1. The Hall–Kier alpha value is -1.33. The average molecular weight is 262 g/mol. The van der Waals surface area contributed by atoms with Crippen LogP contribution in [-0.4, -0.2) is 27.8 Å². The van der Waals surface area contributed by atoms with Gasteiger partial charge in [-0.2, -0.15) is 0 Å². The van der Waals surface area contributed by atoms with Crippen LogP contribution in [0.2, 0.25) is 0 Å². The minimum absolute atomic E-state index is 0.697. The van der Waals surface area contributed by atoms with Gasteiger partial charge in [-0.05, 0) is 43.3 Å². The molecule has 0 fully saturated rings. The third-order valence-corrected chi connectivity index (χ3v) is 3.47. The Morgan fingerprint density at radius 1 is 1.28 bits per heavy atom. The van der Waals surface area contributed by atoms with Gasteiger partial charge < -0.3 is 5.73 Å². The fourth-order valence-electron chi connectivity index (χ4n) is 1.73. The van der Waals surface area contributed by atoms with Crippen LogP contribution in [0.1, 0.15) is 17.7 Å². The van der Waals surface area contributed by atoms with Gasteiger partial charge in [-0.25, -0.2) is 4.68 Å². The first kappa shape index (κ1) is 13.1. The zero-order valence-electron chi connectivity index (χ0n) is 10.5. The van der Waals surface area contributed by atoms with Crippen molar-refractivity contribution in [2.45, 2.75) is 24.3 Å². The summed E-state index contributed by atoms with van der Waals surface area (Å²) in [7, 11) is 0. The Morgan fingerprint density at radius 2 is 2.06 bits per heavy atom. The van der Waals surface area contributed by atoms with Crippen molar-refractivity contribution in [1.82, 2.24) is 15.0 Å². The van der Waals surface area contributed by atoms with Gasteiger partial charge in [0.05, 0.1) is 12.2 Å². The molecule has 0 aliphatic rings. The monoisotopic (exact) mass is 262 g/mol. The number of benzene rings is 1. The van der Waals surface area contributed by atoms with E-state index in [4.69, 9.17) is 5.73 Å². The van der Waals surface area contributed by atoms with Crippen molar-refractivity contribution in [1.29, 1.82) is 0 Å². The molecule has 0 amide bonds. The predicted octanol–water partition coefficient (Wildman–Crippen LogP) is 1.94. The highest BCUT2D eigenvalue weighted by molar-refractivity contribution is 7.98. The number of nitrogens with zero attached hydrogens (tertiary/aromatic N) is 3. The summed E-state index contributed by atoms with van der Waals surface area (Å²) >= 11 is 1.75. The average Bonchev–Trinajstić information content (AvgIpc) is 2.85. The minimum atomic E-state index is 0.697. The molecular formula is C13H18N4S. The number of nitrogens with two attached hydrogens (primary N) is 1. The van der Waals surface area contributed by atoms with Crippen LogP contribution in [0.15, 0.2) is 35.4 Å². The van der Waals surface area contributed by atoms with Crippen LogP contribution < -0.4 is 5.73 Å². The van der Waals surface area contributed by atoms with E-state index in [-0.39, 0.29) is 0 Å². The lowest BCUT2D eigenvalue weighted by molar-refractivity contribution is 0.648. The van der Waals surface area contributed by atoms with Gasteiger partial charge in [0.1, 0.15) is 0 Å². The second-order valence-corrected chi connectivity index (χ2v) is 5.03. The van der Waals surface area contributed by atoms with Crippen LogP contribution in [0.4, 0.5) is 0 Å². The quantitative estimate of drug-likeness (QED) is 0.808. The molecule has 0 bridgehead atoms. The Morgan fingerprint density at radius 3 is 2.72 bits per heavy atom. The first-order valence-corrected chi connectivity index (χ1v) is 7.26. The van der Waals surface area contributed by atoms with Crippen molar-refractivity contribution in [2.24, 2.45) is 5.73 Å². The van der Waals surface area contributed by atoms with Gasteiger partial charge in [0, 0.05) is 11.1 Å². The largest absolute Gasteiger partial charge is 0.330 e. The molecule has 1 aromatic heterocycles. The maximum absolute atomic E-state index is 5.48. The number of thioether (sulfide) groups is 1. The Balaban J connectivity index is 1.97. The molecule has 0 aliphatic carbocycles. The maximum Gasteiger partial charge on any atom is 0.0827 e. The van der Waals surface area contributed by atoms with Gasteiger partial charge in [0.15, 0.2) is 0 Å². The lowest BCUT2D eigenvalue weighted by Gasteiger charge is -2.02. The molecule has 0 spiro atoms. The van der Waals surface area contributed by atoms with Crippen LogP contribution in [0, 0.1) is 0 Å². The summed E-state index contributed by atoms with van der Waals surface area (Å²) in [4.78, 5) is 1.28. The third-order valence-electron chi connectivity index (χ3n) is 2.73. The molecule has 0 aliphatic heterocycles. The second-order valence-electron chi connectivity index (χ2n) is 4.15. The number of aryl methyl sites for hydroxylation is 1. The van der Waals surface area contributed by atoms with Crippen LogP contribution in [0.5, 0.6) is 0 Å². The second kappa shape index (κ2) is 6.56. The summed E-state index contributed by atoms with van der Waals surface area (Å²) < 4.78 is 1.87. The summed E-state index contributed by atoms with van der Waals surface area (Å²) in [5.41, 5.74) is 7.73. The first-order chi connectivity index (χ1) is 8.81. The van der Waals surface area contributed by atoms with Gasteiger partial charge >= 0.3 is 0 Å². The maximum atomic E-state index is 5.48. The predicted molar refractivity (Wildman–Crippen MR) is 74.7 cm³/mol. The highest BCUT2D eigenvalue weighted by Crippen LogP contribution is 2.15.